The zero-order valence-electron chi connectivity index (χ0n) is 12.4. The first kappa shape index (κ1) is 14.8. The van der Waals surface area contributed by atoms with Crippen molar-refractivity contribution in [2.24, 2.45) is 5.73 Å². The second kappa shape index (κ2) is 6.75. The van der Waals surface area contributed by atoms with Crippen molar-refractivity contribution in [2.75, 3.05) is 44.3 Å². The van der Waals surface area contributed by atoms with Gasteiger partial charge in [-0.05, 0) is 24.1 Å². The standard InChI is InChI=1S/C16H25N3O2/c17-15-4-5-18(12-16(15)20)11-13-2-1-3-14(10-13)19-6-8-21-9-7-19/h1-3,10,15-16,20H,4-9,11-12,17H2/t15-,16-/m1/s1. The van der Waals surface area contributed by atoms with E-state index in [1.54, 1.807) is 0 Å². The van der Waals surface area contributed by atoms with Crippen LogP contribution in [0.25, 0.3) is 0 Å². The molecule has 0 aliphatic carbocycles. The van der Waals surface area contributed by atoms with E-state index in [4.69, 9.17) is 10.5 Å². The second-order valence-electron chi connectivity index (χ2n) is 6.02. The number of nitrogens with two attached hydrogens (primary N) is 1. The van der Waals surface area contributed by atoms with Crippen LogP contribution in [0.3, 0.4) is 0 Å². The van der Waals surface area contributed by atoms with Gasteiger partial charge in [0.1, 0.15) is 0 Å². The van der Waals surface area contributed by atoms with Gasteiger partial charge >= 0.3 is 0 Å². The lowest BCUT2D eigenvalue weighted by molar-refractivity contribution is 0.0499. The van der Waals surface area contributed by atoms with Gasteiger partial charge in [-0.3, -0.25) is 4.90 Å². The fraction of sp³-hybridized carbons (Fsp3) is 0.625. The number of aliphatic hydroxyl groups is 1. The molecule has 0 saturated carbocycles. The maximum absolute atomic E-state index is 9.90. The lowest BCUT2D eigenvalue weighted by Crippen LogP contribution is -2.50. The van der Waals surface area contributed by atoms with Gasteiger partial charge in [0.25, 0.3) is 0 Å². The summed E-state index contributed by atoms with van der Waals surface area (Å²) in [5, 5.41) is 9.90. The van der Waals surface area contributed by atoms with Crippen LogP contribution in [0.15, 0.2) is 24.3 Å². The number of aliphatic hydroxyl groups excluding tert-OH is 1. The molecule has 3 N–H and O–H groups in total. The van der Waals surface area contributed by atoms with Gasteiger partial charge in [0.2, 0.25) is 0 Å². The average Bonchev–Trinajstić information content (AvgIpc) is 2.52. The number of ether oxygens (including phenoxy) is 1. The van der Waals surface area contributed by atoms with E-state index in [0.29, 0.717) is 6.54 Å². The Bertz CT molecular complexity index is 463. The van der Waals surface area contributed by atoms with Crippen molar-refractivity contribution >= 4 is 5.69 Å². The van der Waals surface area contributed by atoms with Crippen molar-refractivity contribution in [3.63, 3.8) is 0 Å². The highest BCUT2D eigenvalue weighted by molar-refractivity contribution is 5.48. The highest BCUT2D eigenvalue weighted by atomic mass is 16.5. The van der Waals surface area contributed by atoms with Crippen molar-refractivity contribution in [2.45, 2.75) is 25.1 Å². The van der Waals surface area contributed by atoms with Crippen molar-refractivity contribution in [1.29, 1.82) is 0 Å². The Morgan fingerprint density at radius 1 is 1.24 bits per heavy atom. The number of piperidine rings is 1. The van der Waals surface area contributed by atoms with E-state index in [1.807, 2.05) is 0 Å². The molecule has 2 aliphatic heterocycles. The highest BCUT2D eigenvalue weighted by Gasteiger charge is 2.24. The number of β-amino-alcohol motifs (C(OH)–C–C–N with tert-alkyl or cyclic N) is 1. The Labute approximate surface area is 126 Å². The molecule has 0 radical (unpaired) electrons. The van der Waals surface area contributed by atoms with Crippen LogP contribution < -0.4 is 10.6 Å². The minimum atomic E-state index is -0.402. The topological polar surface area (TPSA) is 62.0 Å². The minimum absolute atomic E-state index is 0.0686. The predicted octanol–water partition coefficient (Wildman–Crippen LogP) is 0.417. The predicted molar refractivity (Wildman–Crippen MR) is 83.4 cm³/mol. The van der Waals surface area contributed by atoms with Crippen molar-refractivity contribution < 1.29 is 9.84 Å². The van der Waals surface area contributed by atoms with Crippen molar-refractivity contribution in [3.8, 4) is 0 Å². The van der Waals surface area contributed by atoms with Crippen LogP contribution in [0.1, 0.15) is 12.0 Å². The fourth-order valence-electron chi connectivity index (χ4n) is 3.09. The number of benzene rings is 1. The molecule has 2 heterocycles. The minimum Gasteiger partial charge on any atom is -0.390 e. The average molecular weight is 291 g/mol. The van der Waals surface area contributed by atoms with E-state index < -0.39 is 6.10 Å². The van der Waals surface area contributed by atoms with E-state index in [9.17, 15) is 5.11 Å². The quantitative estimate of drug-likeness (QED) is 0.845. The monoisotopic (exact) mass is 291 g/mol. The first-order chi connectivity index (χ1) is 10.2. The van der Waals surface area contributed by atoms with Crippen molar-refractivity contribution in [1.82, 2.24) is 4.90 Å². The molecule has 0 aromatic heterocycles. The molecule has 21 heavy (non-hydrogen) atoms. The van der Waals surface area contributed by atoms with E-state index in [-0.39, 0.29) is 6.04 Å². The zero-order chi connectivity index (χ0) is 14.7. The molecule has 5 heteroatoms. The third-order valence-electron chi connectivity index (χ3n) is 4.41. The summed E-state index contributed by atoms with van der Waals surface area (Å²) in [6.45, 7) is 6.03. The number of rotatable bonds is 3. The van der Waals surface area contributed by atoms with Crippen LogP contribution in [-0.4, -0.2) is 61.5 Å². The maximum atomic E-state index is 9.90. The summed E-state index contributed by atoms with van der Waals surface area (Å²) in [5.74, 6) is 0. The number of likely N-dealkylation sites (tertiary alicyclic amines) is 1. The van der Waals surface area contributed by atoms with E-state index in [2.05, 4.69) is 34.1 Å². The summed E-state index contributed by atoms with van der Waals surface area (Å²) >= 11 is 0. The molecule has 1 aromatic carbocycles. The zero-order valence-corrected chi connectivity index (χ0v) is 12.4. The lowest BCUT2D eigenvalue weighted by atomic mass is 10.0. The summed E-state index contributed by atoms with van der Waals surface area (Å²) in [6.07, 6.45) is 0.464. The summed E-state index contributed by atoms with van der Waals surface area (Å²) in [7, 11) is 0. The normalized spacial score (nSPS) is 27.8. The molecule has 2 atom stereocenters. The maximum Gasteiger partial charge on any atom is 0.0818 e. The lowest BCUT2D eigenvalue weighted by Gasteiger charge is -2.34. The molecule has 0 unspecified atom stereocenters. The van der Waals surface area contributed by atoms with Gasteiger partial charge < -0.3 is 20.5 Å². The number of hydrogen-bond acceptors (Lipinski definition) is 5. The highest BCUT2D eigenvalue weighted by Crippen LogP contribution is 2.20. The first-order valence-corrected chi connectivity index (χ1v) is 7.80. The van der Waals surface area contributed by atoms with Crippen LogP contribution >= 0.6 is 0 Å². The van der Waals surface area contributed by atoms with Crippen LogP contribution in [0, 0.1) is 0 Å². The Morgan fingerprint density at radius 3 is 2.81 bits per heavy atom. The van der Waals surface area contributed by atoms with Gasteiger partial charge in [-0.1, -0.05) is 12.1 Å². The SMILES string of the molecule is N[C@@H]1CCN(Cc2cccc(N3CCOCC3)c2)C[C@H]1O. The van der Waals surface area contributed by atoms with Gasteiger partial charge in [0.15, 0.2) is 0 Å². The van der Waals surface area contributed by atoms with Gasteiger partial charge in [-0.15, -0.1) is 0 Å². The third-order valence-corrected chi connectivity index (χ3v) is 4.41. The molecule has 5 nitrogen and oxygen atoms in total. The molecular weight excluding hydrogens is 266 g/mol. The van der Waals surface area contributed by atoms with Crippen LogP contribution in [0.5, 0.6) is 0 Å². The van der Waals surface area contributed by atoms with Crippen LogP contribution in [0.4, 0.5) is 5.69 Å². The number of morpholine rings is 1. The molecule has 116 valence electrons. The third kappa shape index (κ3) is 3.74. The van der Waals surface area contributed by atoms with Gasteiger partial charge in [-0.2, -0.15) is 0 Å². The Morgan fingerprint density at radius 2 is 2.05 bits per heavy atom. The van der Waals surface area contributed by atoms with Crippen LogP contribution in [-0.2, 0) is 11.3 Å². The Balaban J connectivity index is 1.63. The van der Waals surface area contributed by atoms with E-state index in [0.717, 1.165) is 45.8 Å². The molecular formula is C16H25N3O2. The van der Waals surface area contributed by atoms with Gasteiger partial charge in [0.05, 0.1) is 19.3 Å². The van der Waals surface area contributed by atoms with Gasteiger partial charge in [-0.25, -0.2) is 0 Å². The molecule has 1 aromatic rings. The summed E-state index contributed by atoms with van der Waals surface area (Å²) in [5.41, 5.74) is 8.42. The molecule has 2 aliphatic rings. The summed E-state index contributed by atoms with van der Waals surface area (Å²) < 4.78 is 5.41. The molecule has 2 fully saturated rings. The van der Waals surface area contributed by atoms with Gasteiger partial charge in [0, 0.05) is 44.5 Å². The Kier molecular flexibility index (Phi) is 4.75. The number of hydrogen-bond donors (Lipinski definition) is 2. The van der Waals surface area contributed by atoms with Crippen molar-refractivity contribution in [3.05, 3.63) is 29.8 Å². The molecule has 2 saturated heterocycles. The number of nitrogens with zero attached hydrogens (tertiary/aromatic N) is 2. The fourth-order valence-corrected chi connectivity index (χ4v) is 3.09. The van der Waals surface area contributed by atoms with E-state index in [1.165, 1.54) is 11.3 Å². The smallest absolute Gasteiger partial charge is 0.0818 e. The first-order valence-electron chi connectivity index (χ1n) is 7.80. The Hall–Kier alpha value is -1.14. The number of anilines is 1. The van der Waals surface area contributed by atoms with E-state index >= 15 is 0 Å². The molecule has 3 rings (SSSR count). The molecule has 0 bridgehead atoms. The molecule has 0 amide bonds. The largest absolute Gasteiger partial charge is 0.390 e. The summed E-state index contributed by atoms with van der Waals surface area (Å²) in [4.78, 5) is 4.65. The second-order valence-corrected chi connectivity index (χ2v) is 6.02. The molecule has 0 spiro atoms. The summed E-state index contributed by atoms with van der Waals surface area (Å²) in [6, 6.07) is 8.62. The van der Waals surface area contributed by atoms with Crippen LogP contribution in [0.2, 0.25) is 0 Å².